The Balaban J connectivity index is 1.69. The van der Waals surface area contributed by atoms with Crippen LogP contribution in [0.2, 0.25) is 0 Å². The minimum atomic E-state index is 0.646. The molecule has 0 unspecified atom stereocenters. The fourth-order valence-corrected chi connectivity index (χ4v) is 2.81. The van der Waals surface area contributed by atoms with Crippen LogP contribution in [-0.2, 0) is 13.5 Å². The zero-order valence-electron chi connectivity index (χ0n) is 13.0. The molecule has 5 nitrogen and oxygen atoms in total. The minimum absolute atomic E-state index is 0.646. The Labute approximate surface area is 135 Å². The third kappa shape index (κ3) is 4.59. The number of rotatable bonds is 9. The molecule has 2 aromatic rings. The van der Waals surface area contributed by atoms with Crippen molar-refractivity contribution < 1.29 is 9.53 Å². The van der Waals surface area contributed by atoms with Crippen molar-refractivity contribution >= 4 is 18.0 Å². The van der Waals surface area contributed by atoms with E-state index < -0.39 is 0 Å². The van der Waals surface area contributed by atoms with Gasteiger partial charge in [0, 0.05) is 24.8 Å². The standard InChI is InChI=1S/C16H21N3O2S/c1-3-5-15-17-18-16(19(15)2)22-11-4-10-21-14-8-6-13(12-20)7-9-14/h6-9,12H,3-5,10-11H2,1-2H3. The Bertz CT molecular complexity index is 596. The van der Waals surface area contributed by atoms with Gasteiger partial charge in [0.2, 0.25) is 0 Å². The van der Waals surface area contributed by atoms with Crippen LogP contribution >= 0.6 is 11.8 Å². The predicted molar refractivity (Wildman–Crippen MR) is 87.7 cm³/mol. The van der Waals surface area contributed by atoms with Crippen LogP contribution in [0.25, 0.3) is 0 Å². The van der Waals surface area contributed by atoms with Crippen LogP contribution in [0.1, 0.15) is 35.9 Å². The molecule has 0 saturated heterocycles. The summed E-state index contributed by atoms with van der Waals surface area (Å²) in [6.45, 7) is 2.79. The summed E-state index contributed by atoms with van der Waals surface area (Å²) in [4.78, 5) is 10.6. The van der Waals surface area contributed by atoms with Gasteiger partial charge >= 0.3 is 0 Å². The summed E-state index contributed by atoms with van der Waals surface area (Å²) in [6, 6.07) is 7.14. The number of aromatic nitrogens is 3. The van der Waals surface area contributed by atoms with Crippen LogP contribution in [0, 0.1) is 0 Å². The normalized spacial score (nSPS) is 10.6. The molecule has 0 fully saturated rings. The van der Waals surface area contributed by atoms with Gasteiger partial charge < -0.3 is 9.30 Å². The minimum Gasteiger partial charge on any atom is -0.494 e. The third-order valence-corrected chi connectivity index (χ3v) is 4.31. The molecule has 6 heteroatoms. The second-order valence-electron chi connectivity index (χ2n) is 4.95. The smallest absolute Gasteiger partial charge is 0.190 e. The van der Waals surface area contributed by atoms with Gasteiger partial charge in [0.1, 0.15) is 17.9 Å². The van der Waals surface area contributed by atoms with Crippen molar-refractivity contribution in [2.45, 2.75) is 31.3 Å². The van der Waals surface area contributed by atoms with E-state index in [0.717, 1.165) is 48.0 Å². The van der Waals surface area contributed by atoms with Crippen molar-refractivity contribution in [2.24, 2.45) is 7.05 Å². The molecule has 0 spiro atoms. The Morgan fingerprint density at radius 2 is 2.05 bits per heavy atom. The SMILES string of the molecule is CCCc1nnc(SCCCOc2ccc(C=O)cc2)n1C. The van der Waals surface area contributed by atoms with Gasteiger partial charge in [-0.1, -0.05) is 18.7 Å². The topological polar surface area (TPSA) is 57.0 Å². The lowest BCUT2D eigenvalue weighted by Crippen LogP contribution is -2.01. The van der Waals surface area contributed by atoms with Gasteiger partial charge in [-0.15, -0.1) is 10.2 Å². The third-order valence-electron chi connectivity index (χ3n) is 3.20. The number of carbonyl (C=O) groups is 1. The van der Waals surface area contributed by atoms with Crippen LogP contribution in [-0.4, -0.2) is 33.4 Å². The molecular weight excluding hydrogens is 298 g/mol. The summed E-state index contributed by atoms with van der Waals surface area (Å²) in [6.07, 6.45) is 3.79. The van der Waals surface area contributed by atoms with Crippen molar-refractivity contribution in [1.29, 1.82) is 0 Å². The highest BCUT2D eigenvalue weighted by Gasteiger charge is 2.07. The maximum Gasteiger partial charge on any atom is 0.190 e. The van der Waals surface area contributed by atoms with Crippen LogP contribution in [0.4, 0.5) is 0 Å². The van der Waals surface area contributed by atoms with E-state index in [4.69, 9.17) is 4.74 Å². The fourth-order valence-electron chi connectivity index (χ4n) is 1.97. The van der Waals surface area contributed by atoms with Gasteiger partial charge in [-0.05, 0) is 37.1 Å². The first-order valence-electron chi connectivity index (χ1n) is 7.43. The lowest BCUT2D eigenvalue weighted by molar-refractivity contribution is 0.112. The molecule has 118 valence electrons. The molecule has 0 aliphatic carbocycles. The highest BCUT2D eigenvalue weighted by molar-refractivity contribution is 7.99. The second-order valence-corrected chi connectivity index (χ2v) is 6.01. The number of thioether (sulfide) groups is 1. The first-order chi connectivity index (χ1) is 10.7. The summed E-state index contributed by atoms with van der Waals surface area (Å²) in [5.74, 6) is 2.76. The van der Waals surface area contributed by atoms with Gasteiger partial charge in [0.15, 0.2) is 5.16 Å². The fraction of sp³-hybridized carbons (Fsp3) is 0.438. The molecule has 1 heterocycles. The first-order valence-corrected chi connectivity index (χ1v) is 8.42. The number of hydrogen-bond donors (Lipinski definition) is 0. The number of aldehydes is 1. The number of hydrogen-bond acceptors (Lipinski definition) is 5. The number of carbonyl (C=O) groups excluding carboxylic acids is 1. The van der Waals surface area contributed by atoms with E-state index in [1.165, 1.54) is 0 Å². The highest BCUT2D eigenvalue weighted by atomic mass is 32.2. The van der Waals surface area contributed by atoms with Gasteiger partial charge in [-0.2, -0.15) is 0 Å². The van der Waals surface area contributed by atoms with E-state index in [0.29, 0.717) is 12.2 Å². The van der Waals surface area contributed by atoms with Crippen molar-refractivity contribution in [3.8, 4) is 5.75 Å². The lowest BCUT2D eigenvalue weighted by Gasteiger charge is -2.06. The molecule has 1 aromatic carbocycles. The molecule has 0 N–H and O–H groups in total. The van der Waals surface area contributed by atoms with Gasteiger partial charge in [0.05, 0.1) is 6.61 Å². The molecule has 0 amide bonds. The average molecular weight is 319 g/mol. The lowest BCUT2D eigenvalue weighted by atomic mass is 10.2. The van der Waals surface area contributed by atoms with Crippen LogP contribution in [0.3, 0.4) is 0 Å². The van der Waals surface area contributed by atoms with E-state index in [1.54, 1.807) is 23.9 Å². The van der Waals surface area contributed by atoms with E-state index in [1.807, 2.05) is 19.2 Å². The van der Waals surface area contributed by atoms with Crippen LogP contribution in [0.5, 0.6) is 5.75 Å². The number of ether oxygens (including phenoxy) is 1. The predicted octanol–water partition coefficient (Wildman–Crippen LogP) is 3.14. The number of aryl methyl sites for hydroxylation is 1. The van der Waals surface area contributed by atoms with Gasteiger partial charge in [0.25, 0.3) is 0 Å². The molecule has 0 saturated carbocycles. The Hall–Kier alpha value is -1.82. The number of benzene rings is 1. The van der Waals surface area contributed by atoms with E-state index in [9.17, 15) is 4.79 Å². The summed E-state index contributed by atoms with van der Waals surface area (Å²) in [5, 5.41) is 9.37. The summed E-state index contributed by atoms with van der Waals surface area (Å²) in [5.41, 5.74) is 0.660. The monoisotopic (exact) mass is 319 g/mol. The largest absolute Gasteiger partial charge is 0.494 e. The molecule has 0 aliphatic heterocycles. The zero-order chi connectivity index (χ0) is 15.8. The van der Waals surface area contributed by atoms with E-state index >= 15 is 0 Å². The molecule has 0 atom stereocenters. The molecule has 22 heavy (non-hydrogen) atoms. The van der Waals surface area contributed by atoms with E-state index in [2.05, 4.69) is 21.7 Å². The van der Waals surface area contributed by atoms with Crippen molar-refractivity contribution in [3.05, 3.63) is 35.7 Å². The average Bonchev–Trinajstić information content (AvgIpc) is 2.89. The maximum absolute atomic E-state index is 10.6. The quantitative estimate of drug-likeness (QED) is 0.404. The van der Waals surface area contributed by atoms with Crippen molar-refractivity contribution in [1.82, 2.24) is 14.8 Å². The van der Waals surface area contributed by atoms with Crippen LogP contribution in [0.15, 0.2) is 29.4 Å². The van der Waals surface area contributed by atoms with Crippen LogP contribution < -0.4 is 4.74 Å². The van der Waals surface area contributed by atoms with Gasteiger partial charge in [-0.25, -0.2) is 0 Å². The van der Waals surface area contributed by atoms with E-state index in [-0.39, 0.29) is 0 Å². The van der Waals surface area contributed by atoms with Crippen molar-refractivity contribution in [2.75, 3.05) is 12.4 Å². The summed E-state index contributed by atoms with van der Waals surface area (Å²) >= 11 is 1.70. The Morgan fingerprint density at radius 3 is 2.73 bits per heavy atom. The zero-order valence-corrected chi connectivity index (χ0v) is 13.8. The Morgan fingerprint density at radius 1 is 1.27 bits per heavy atom. The van der Waals surface area contributed by atoms with Gasteiger partial charge in [-0.3, -0.25) is 4.79 Å². The molecule has 2 rings (SSSR count). The maximum atomic E-state index is 10.6. The first kappa shape index (κ1) is 16.5. The Kier molecular flexibility index (Phi) is 6.45. The highest BCUT2D eigenvalue weighted by Crippen LogP contribution is 2.18. The summed E-state index contributed by atoms with van der Waals surface area (Å²) in [7, 11) is 2.01. The molecule has 1 aromatic heterocycles. The molecule has 0 radical (unpaired) electrons. The molecule has 0 aliphatic rings. The second kappa shape index (κ2) is 8.58. The summed E-state index contributed by atoms with van der Waals surface area (Å²) < 4.78 is 7.71. The van der Waals surface area contributed by atoms with Crippen molar-refractivity contribution in [3.63, 3.8) is 0 Å². The molecular formula is C16H21N3O2S. The molecule has 0 bridgehead atoms. The number of nitrogens with zero attached hydrogens (tertiary/aromatic N) is 3.